The second-order valence-electron chi connectivity index (χ2n) is 7.22. The van der Waals surface area contributed by atoms with Gasteiger partial charge in [-0.05, 0) is 46.1 Å². The SMILES string of the molecule is CC(C)N(CCOC(=O)C1(c2ccccc2)CCCC1)C(C)C. The zero-order valence-electron chi connectivity index (χ0n) is 15.0. The van der Waals surface area contributed by atoms with Gasteiger partial charge in [-0.3, -0.25) is 9.69 Å². The van der Waals surface area contributed by atoms with Crippen LogP contribution in [-0.4, -0.2) is 36.1 Å². The lowest BCUT2D eigenvalue weighted by molar-refractivity contribution is -0.151. The Morgan fingerprint density at radius 2 is 1.65 bits per heavy atom. The van der Waals surface area contributed by atoms with Crippen LogP contribution in [0.2, 0.25) is 0 Å². The lowest BCUT2D eigenvalue weighted by atomic mass is 9.79. The van der Waals surface area contributed by atoms with Gasteiger partial charge in [0.15, 0.2) is 0 Å². The molecule has 0 bridgehead atoms. The summed E-state index contributed by atoms with van der Waals surface area (Å²) in [6.45, 7) is 10.0. The highest BCUT2D eigenvalue weighted by atomic mass is 16.5. The van der Waals surface area contributed by atoms with Gasteiger partial charge in [0.1, 0.15) is 6.61 Å². The number of hydrogen-bond donors (Lipinski definition) is 0. The van der Waals surface area contributed by atoms with E-state index >= 15 is 0 Å². The summed E-state index contributed by atoms with van der Waals surface area (Å²) in [5.41, 5.74) is 0.703. The number of rotatable bonds is 7. The summed E-state index contributed by atoms with van der Waals surface area (Å²) in [6.07, 6.45) is 4.03. The predicted octanol–water partition coefficient (Wildman–Crippen LogP) is 4.16. The van der Waals surface area contributed by atoms with Crippen molar-refractivity contribution in [3.05, 3.63) is 35.9 Å². The molecule has 2 rings (SSSR count). The van der Waals surface area contributed by atoms with Crippen LogP contribution >= 0.6 is 0 Å². The van der Waals surface area contributed by atoms with E-state index in [1.807, 2.05) is 18.2 Å². The predicted molar refractivity (Wildman–Crippen MR) is 94.5 cm³/mol. The zero-order chi connectivity index (χ0) is 16.9. The van der Waals surface area contributed by atoms with Crippen molar-refractivity contribution in [1.82, 2.24) is 4.90 Å². The quantitative estimate of drug-likeness (QED) is 0.707. The Kier molecular flexibility index (Phi) is 6.23. The monoisotopic (exact) mass is 317 g/mol. The van der Waals surface area contributed by atoms with Crippen LogP contribution in [0.15, 0.2) is 30.3 Å². The molecule has 1 fully saturated rings. The van der Waals surface area contributed by atoms with E-state index in [0.29, 0.717) is 18.7 Å². The van der Waals surface area contributed by atoms with Crippen LogP contribution in [0.1, 0.15) is 58.9 Å². The molecule has 0 radical (unpaired) electrons. The van der Waals surface area contributed by atoms with Gasteiger partial charge in [-0.1, -0.05) is 43.2 Å². The molecule has 0 atom stereocenters. The van der Waals surface area contributed by atoms with Crippen LogP contribution in [0.4, 0.5) is 0 Å². The van der Waals surface area contributed by atoms with Crippen LogP contribution in [0.3, 0.4) is 0 Å². The zero-order valence-corrected chi connectivity index (χ0v) is 15.0. The molecule has 0 amide bonds. The van der Waals surface area contributed by atoms with Gasteiger partial charge in [-0.25, -0.2) is 0 Å². The van der Waals surface area contributed by atoms with Gasteiger partial charge < -0.3 is 4.74 Å². The Morgan fingerprint density at radius 1 is 1.09 bits per heavy atom. The van der Waals surface area contributed by atoms with Gasteiger partial charge in [0.05, 0.1) is 5.41 Å². The third kappa shape index (κ3) is 4.14. The van der Waals surface area contributed by atoms with Crippen molar-refractivity contribution in [3.63, 3.8) is 0 Å². The van der Waals surface area contributed by atoms with Crippen molar-refractivity contribution in [1.29, 1.82) is 0 Å². The molecular weight excluding hydrogens is 286 g/mol. The molecule has 0 heterocycles. The van der Waals surface area contributed by atoms with E-state index in [-0.39, 0.29) is 5.97 Å². The van der Waals surface area contributed by atoms with E-state index in [9.17, 15) is 4.79 Å². The van der Waals surface area contributed by atoms with E-state index in [2.05, 4.69) is 44.7 Å². The number of carbonyl (C=O) groups is 1. The van der Waals surface area contributed by atoms with Crippen molar-refractivity contribution in [2.75, 3.05) is 13.2 Å². The number of benzene rings is 1. The maximum absolute atomic E-state index is 12.8. The maximum atomic E-state index is 12.8. The highest BCUT2D eigenvalue weighted by Crippen LogP contribution is 2.42. The first kappa shape index (κ1) is 18.0. The van der Waals surface area contributed by atoms with Crippen molar-refractivity contribution in [3.8, 4) is 0 Å². The van der Waals surface area contributed by atoms with E-state index in [0.717, 1.165) is 37.8 Å². The Balaban J connectivity index is 2.00. The summed E-state index contributed by atoms with van der Waals surface area (Å²) in [5.74, 6) is -0.0336. The molecule has 1 aromatic rings. The number of hydrogen-bond acceptors (Lipinski definition) is 3. The number of nitrogens with zero attached hydrogens (tertiary/aromatic N) is 1. The Labute approximate surface area is 141 Å². The van der Waals surface area contributed by atoms with E-state index in [1.54, 1.807) is 0 Å². The van der Waals surface area contributed by atoms with Crippen LogP contribution in [-0.2, 0) is 14.9 Å². The molecule has 3 heteroatoms. The summed E-state index contributed by atoms with van der Waals surface area (Å²) >= 11 is 0. The lowest BCUT2D eigenvalue weighted by Crippen LogP contribution is -2.41. The highest BCUT2D eigenvalue weighted by Gasteiger charge is 2.44. The van der Waals surface area contributed by atoms with Crippen LogP contribution in [0.5, 0.6) is 0 Å². The van der Waals surface area contributed by atoms with E-state index < -0.39 is 5.41 Å². The number of esters is 1. The fourth-order valence-corrected chi connectivity index (χ4v) is 3.84. The average molecular weight is 317 g/mol. The molecular formula is C20H31NO2. The second kappa shape index (κ2) is 7.96. The molecule has 0 N–H and O–H groups in total. The van der Waals surface area contributed by atoms with E-state index in [1.165, 1.54) is 0 Å². The smallest absolute Gasteiger partial charge is 0.316 e. The fraction of sp³-hybridized carbons (Fsp3) is 0.650. The van der Waals surface area contributed by atoms with Gasteiger partial charge in [0.2, 0.25) is 0 Å². The number of carbonyl (C=O) groups excluding carboxylic acids is 1. The molecule has 3 nitrogen and oxygen atoms in total. The van der Waals surface area contributed by atoms with Gasteiger partial charge >= 0.3 is 5.97 Å². The third-order valence-corrected chi connectivity index (χ3v) is 5.08. The standard InChI is InChI=1S/C20H31NO2/c1-16(2)21(17(3)4)14-15-23-19(22)20(12-8-9-13-20)18-10-6-5-7-11-18/h5-7,10-11,16-17H,8-9,12-15H2,1-4H3. The summed E-state index contributed by atoms with van der Waals surface area (Å²) in [6, 6.07) is 11.1. The van der Waals surface area contributed by atoms with Gasteiger partial charge in [-0.15, -0.1) is 0 Å². The van der Waals surface area contributed by atoms with Gasteiger partial charge in [0, 0.05) is 18.6 Å². The van der Waals surface area contributed by atoms with Crippen LogP contribution in [0.25, 0.3) is 0 Å². The van der Waals surface area contributed by atoms with Crippen molar-refractivity contribution in [2.45, 2.75) is 70.9 Å². The first-order chi connectivity index (χ1) is 11.0. The number of ether oxygens (including phenoxy) is 1. The molecule has 0 aliphatic heterocycles. The molecule has 0 saturated heterocycles. The molecule has 0 unspecified atom stereocenters. The summed E-state index contributed by atoms with van der Waals surface area (Å²) in [5, 5.41) is 0. The molecule has 1 aromatic carbocycles. The second-order valence-corrected chi connectivity index (χ2v) is 7.22. The summed E-state index contributed by atoms with van der Waals surface area (Å²) in [4.78, 5) is 15.2. The molecule has 1 aliphatic carbocycles. The molecule has 1 saturated carbocycles. The molecule has 23 heavy (non-hydrogen) atoms. The van der Waals surface area contributed by atoms with Crippen molar-refractivity contribution in [2.24, 2.45) is 0 Å². The van der Waals surface area contributed by atoms with Gasteiger partial charge in [-0.2, -0.15) is 0 Å². The Hall–Kier alpha value is -1.35. The molecule has 128 valence electrons. The molecule has 0 aromatic heterocycles. The van der Waals surface area contributed by atoms with Crippen molar-refractivity contribution >= 4 is 5.97 Å². The molecule has 1 aliphatic rings. The van der Waals surface area contributed by atoms with Crippen LogP contribution in [0, 0.1) is 0 Å². The normalized spacial score (nSPS) is 17.2. The first-order valence-electron chi connectivity index (χ1n) is 8.96. The first-order valence-corrected chi connectivity index (χ1v) is 8.96. The summed E-state index contributed by atoms with van der Waals surface area (Å²) < 4.78 is 5.73. The van der Waals surface area contributed by atoms with E-state index in [4.69, 9.17) is 4.74 Å². The van der Waals surface area contributed by atoms with Gasteiger partial charge in [0.25, 0.3) is 0 Å². The fourth-order valence-electron chi connectivity index (χ4n) is 3.84. The lowest BCUT2D eigenvalue weighted by Gasteiger charge is -2.31. The topological polar surface area (TPSA) is 29.5 Å². The minimum Gasteiger partial charge on any atom is -0.464 e. The largest absolute Gasteiger partial charge is 0.464 e. The van der Waals surface area contributed by atoms with Crippen LogP contribution < -0.4 is 0 Å². The molecule has 0 spiro atoms. The highest BCUT2D eigenvalue weighted by molar-refractivity contribution is 5.83. The maximum Gasteiger partial charge on any atom is 0.316 e. The Morgan fingerprint density at radius 3 is 2.17 bits per heavy atom. The Bertz CT molecular complexity index is 482. The average Bonchev–Trinajstić information content (AvgIpc) is 3.02. The van der Waals surface area contributed by atoms with Crippen molar-refractivity contribution < 1.29 is 9.53 Å². The third-order valence-electron chi connectivity index (χ3n) is 5.08. The minimum absolute atomic E-state index is 0.0336. The minimum atomic E-state index is -0.415. The summed E-state index contributed by atoms with van der Waals surface area (Å²) in [7, 11) is 0.